The Hall–Kier alpha value is -2.63. The number of anilines is 1. The van der Waals surface area contributed by atoms with Crippen LogP contribution in [0, 0.1) is 5.92 Å². The van der Waals surface area contributed by atoms with Crippen LogP contribution in [0.5, 0.6) is 11.6 Å². The highest BCUT2D eigenvalue weighted by Crippen LogP contribution is 2.24. The number of piperidine rings is 1. The van der Waals surface area contributed by atoms with Crippen molar-refractivity contribution in [2.45, 2.75) is 19.3 Å². The van der Waals surface area contributed by atoms with Gasteiger partial charge in [0.25, 0.3) is 0 Å². The number of aromatic nitrogens is 2. The van der Waals surface area contributed by atoms with E-state index in [1.165, 1.54) is 0 Å². The molecule has 2 aromatic rings. The second-order valence-corrected chi connectivity index (χ2v) is 6.19. The van der Waals surface area contributed by atoms with Crippen molar-refractivity contribution >= 4 is 12.1 Å². The zero-order valence-electron chi connectivity index (χ0n) is 14.4. The maximum absolute atomic E-state index is 10.6. The second kappa shape index (κ2) is 8.46. The van der Waals surface area contributed by atoms with E-state index in [4.69, 9.17) is 9.47 Å². The summed E-state index contributed by atoms with van der Waals surface area (Å²) >= 11 is 0. The van der Waals surface area contributed by atoms with E-state index in [2.05, 4.69) is 15.1 Å². The number of carbonyl (C=O) groups excluding carboxylic acids is 1. The van der Waals surface area contributed by atoms with Crippen LogP contribution in [0.1, 0.15) is 29.6 Å². The summed E-state index contributed by atoms with van der Waals surface area (Å²) in [6.07, 6.45) is 4.13. The molecule has 0 aliphatic carbocycles. The van der Waals surface area contributed by atoms with Crippen molar-refractivity contribution in [2.75, 3.05) is 31.7 Å². The lowest BCUT2D eigenvalue weighted by Crippen LogP contribution is -2.34. The lowest BCUT2D eigenvalue weighted by atomic mass is 9.94. The maximum atomic E-state index is 10.6. The average molecular weight is 341 g/mol. The number of hydrogen-bond acceptors (Lipinski definition) is 6. The van der Waals surface area contributed by atoms with Gasteiger partial charge in [-0.2, -0.15) is 0 Å². The lowest BCUT2D eigenvalue weighted by molar-refractivity contribution is 0.112. The summed E-state index contributed by atoms with van der Waals surface area (Å²) in [5.41, 5.74) is 0.668. The van der Waals surface area contributed by atoms with Crippen LogP contribution >= 0.6 is 0 Å². The molecule has 1 fully saturated rings. The molecule has 0 saturated carbocycles. The third-order valence-corrected chi connectivity index (χ3v) is 4.58. The molecule has 6 heteroatoms. The van der Waals surface area contributed by atoms with Crippen LogP contribution in [-0.2, 0) is 0 Å². The van der Waals surface area contributed by atoms with E-state index in [0.717, 1.165) is 50.2 Å². The first-order valence-electron chi connectivity index (χ1n) is 8.59. The molecule has 0 amide bonds. The minimum atomic E-state index is 0.539. The zero-order valence-corrected chi connectivity index (χ0v) is 14.4. The number of ether oxygens (including phenoxy) is 2. The van der Waals surface area contributed by atoms with E-state index in [1.807, 2.05) is 24.3 Å². The van der Waals surface area contributed by atoms with Crippen LogP contribution in [-0.4, -0.2) is 43.3 Å². The Morgan fingerprint density at radius 3 is 2.48 bits per heavy atom. The molecule has 1 saturated heterocycles. The number of rotatable bonds is 7. The summed E-state index contributed by atoms with van der Waals surface area (Å²) in [7, 11) is 1.59. The van der Waals surface area contributed by atoms with Crippen molar-refractivity contribution in [3.05, 3.63) is 42.0 Å². The molecule has 1 aliphatic heterocycles. The van der Waals surface area contributed by atoms with Crippen molar-refractivity contribution < 1.29 is 14.3 Å². The molecule has 132 valence electrons. The van der Waals surface area contributed by atoms with Crippen LogP contribution in [0.25, 0.3) is 0 Å². The van der Waals surface area contributed by atoms with Gasteiger partial charge in [-0.15, -0.1) is 10.2 Å². The summed E-state index contributed by atoms with van der Waals surface area (Å²) in [6.45, 7) is 2.67. The van der Waals surface area contributed by atoms with Crippen molar-refractivity contribution in [3.8, 4) is 11.6 Å². The smallest absolute Gasteiger partial charge is 0.233 e. The molecule has 3 rings (SSSR count). The second-order valence-electron chi connectivity index (χ2n) is 6.19. The normalized spacial score (nSPS) is 15.0. The van der Waals surface area contributed by atoms with E-state index < -0.39 is 0 Å². The number of hydrogen-bond donors (Lipinski definition) is 0. The quantitative estimate of drug-likeness (QED) is 0.722. The first-order chi connectivity index (χ1) is 12.3. The number of aldehydes is 1. The predicted octanol–water partition coefficient (Wildman–Crippen LogP) is 2.98. The van der Waals surface area contributed by atoms with Crippen LogP contribution in [0.3, 0.4) is 0 Å². The highest BCUT2D eigenvalue weighted by molar-refractivity contribution is 5.74. The minimum absolute atomic E-state index is 0.539. The van der Waals surface area contributed by atoms with E-state index in [0.29, 0.717) is 24.0 Å². The SMILES string of the molecule is COc1ccc(N2CCC(CCOc3ccc(C=O)cc3)CC2)nn1. The van der Waals surface area contributed by atoms with Crippen molar-refractivity contribution in [2.24, 2.45) is 5.92 Å². The predicted molar refractivity (Wildman–Crippen MR) is 95.5 cm³/mol. The molecular formula is C19H23N3O3. The van der Waals surface area contributed by atoms with Gasteiger partial charge in [0.15, 0.2) is 5.82 Å². The zero-order chi connectivity index (χ0) is 17.5. The molecule has 25 heavy (non-hydrogen) atoms. The minimum Gasteiger partial charge on any atom is -0.494 e. The van der Waals surface area contributed by atoms with E-state index in [-0.39, 0.29) is 0 Å². The molecule has 6 nitrogen and oxygen atoms in total. The van der Waals surface area contributed by atoms with Gasteiger partial charge < -0.3 is 14.4 Å². The van der Waals surface area contributed by atoms with E-state index in [9.17, 15) is 4.79 Å². The van der Waals surface area contributed by atoms with Crippen LogP contribution in [0.15, 0.2) is 36.4 Å². The fraction of sp³-hybridized carbons (Fsp3) is 0.421. The lowest BCUT2D eigenvalue weighted by Gasteiger charge is -2.32. The van der Waals surface area contributed by atoms with Crippen molar-refractivity contribution in [1.82, 2.24) is 10.2 Å². The Morgan fingerprint density at radius 1 is 1.12 bits per heavy atom. The Labute approximate surface area is 147 Å². The average Bonchev–Trinajstić information content (AvgIpc) is 2.69. The van der Waals surface area contributed by atoms with Crippen molar-refractivity contribution in [1.29, 1.82) is 0 Å². The van der Waals surface area contributed by atoms with Crippen LogP contribution in [0.2, 0.25) is 0 Å². The van der Waals surface area contributed by atoms with Crippen LogP contribution < -0.4 is 14.4 Å². The summed E-state index contributed by atoms with van der Waals surface area (Å²) in [5, 5.41) is 8.25. The number of benzene rings is 1. The fourth-order valence-electron chi connectivity index (χ4n) is 3.03. The van der Waals surface area contributed by atoms with Gasteiger partial charge in [0, 0.05) is 24.7 Å². The summed E-state index contributed by atoms with van der Waals surface area (Å²) in [4.78, 5) is 12.9. The maximum Gasteiger partial charge on any atom is 0.233 e. The van der Waals surface area contributed by atoms with Gasteiger partial charge in [-0.25, -0.2) is 0 Å². The summed E-state index contributed by atoms with van der Waals surface area (Å²) < 4.78 is 10.8. The molecule has 1 aromatic carbocycles. The molecule has 0 spiro atoms. The summed E-state index contributed by atoms with van der Waals surface area (Å²) in [5.74, 6) is 2.93. The molecule has 0 bridgehead atoms. The Kier molecular flexibility index (Phi) is 5.82. The van der Waals surface area contributed by atoms with Crippen molar-refractivity contribution in [3.63, 3.8) is 0 Å². The first kappa shape index (κ1) is 17.2. The first-order valence-corrected chi connectivity index (χ1v) is 8.59. The molecule has 1 aliphatic rings. The third-order valence-electron chi connectivity index (χ3n) is 4.58. The van der Waals surface area contributed by atoms with Crippen LogP contribution in [0.4, 0.5) is 5.82 Å². The molecule has 0 atom stereocenters. The van der Waals surface area contributed by atoms with E-state index in [1.54, 1.807) is 19.2 Å². The highest BCUT2D eigenvalue weighted by Gasteiger charge is 2.20. The molecule has 1 aromatic heterocycles. The number of nitrogens with zero attached hydrogens (tertiary/aromatic N) is 3. The number of methoxy groups -OCH3 is 1. The van der Waals surface area contributed by atoms with Gasteiger partial charge in [-0.05, 0) is 55.5 Å². The van der Waals surface area contributed by atoms with Gasteiger partial charge in [0.05, 0.1) is 13.7 Å². The van der Waals surface area contributed by atoms with E-state index >= 15 is 0 Å². The Bertz CT molecular complexity index is 665. The molecule has 0 radical (unpaired) electrons. The number of carbonyl (C=O) groups is 1. The topological polar surface area (TPSA) is 64.6 Å². The van der Waals surface area contributed by atoms with Gasteiger partial charge >= 0.3 is 0 Å². The molecule has 0 unspecified atom stereocenters. The monoisotopic (exact) mass is 341 g/mol. The van der Waals surface area contributed by atoms with Gasteiger partial charge in [-0.3, -0.25) is 4.79 Å². The molecule has 0 N–H and O–H groups in total. The standard InChI is InChI=1S/C19H23N3O3/c1-24-19-7-6-18(20-21-19)22-11-8-15(9-12-22)10-13-25-17-4-2-16(14-23)3-5-17/h2-7,14-15H,8-13H2,1H3. The Morgan fingerprint density at radius 2 is 1.88 bits per heavy atom. The fourth-order valence-corrected chi connectivity index (χ4v) is 3.03. The summed E-state index contributed by atoms with van der Waals surface area (Å²) in [6, 6.07) is 11.0. The third kappa shape index (κ3) is 4.68. The van der Waals surface area contributed by atoms with Gasteiger partial charge in [-0.1, -0.05) is 0 Å². The molecule has 2 heterocycles. The van der Waals surface area contributed by atoms with Gasteiger partial charge in [0.2, 0.25) is 5.88 Å². The highest BCUT2D eigenvalue weighted by atomic mass is 16.5. The Balaban J connectivity index is 1.40. The molecular weight excluding hydrogens is 318 g/mol. The van der Waals surface area contributed by atoms with Gasteiger partial charge in [0.1, 0.15) is 12.0 Å². The largest absolute Gasteiger partial charge is 0.494 e.